The number of benzene rings is 1. The van der Waals surface area contributed by atoms with Gasteiger partial charge in [0.2, 0.25) is 17.7 Å². The number of likely N-dealkylation sites (tertiary alicyclic amines) is 1. The van der Waals surface area contributed by atoms with Gasteiger partial charge in [0, 0.05) is 44.8 Å². The zero-order valence-corrected chi connectivity index (χ0v) is 22.2. The van der Waals surface area contributed by atoms with Crippen LogP contribution in [0.3, 0.4) is 0 Å². The number of allylic oxidation sites excluding steroid dienone is 2. The molecular formula is C29H42N4O4. The molecule has 3 aliphatic heterocycles. The molecule has 3 atom stereocenters. The van der Waals surface area contributed by atoms with E-state index in [-0.39, 0.29) is 35.7 Å². The Bertz CT molecular complexity index is 958. The molecule has 3 aliphatic rings. The molecule has 2 saturated heterocycles. The van der Waals surface area contributed by atoms with Gasteiger partial charge in [0.1, 0.15) is 6.04 Å². The highest BCUT2D eigenvalue weighted by Crippen LogP contribution is 2.36. The van der Waals surface area contributed by atoms with Crippen molar-refractivity contribution in [1.29, 1.82) is 0 Å². The molecule has 1 aromatic carbocycles. The summed E-state index contributed by atoms with van der Waals surface area (Å²) in [5.41, 5.74) is 0.453. The fourth-order valence-corrected chi connectivity index (χ4v) is 5.77. The van der Waals surface area contributed by atoms with Crippen molar-refractivity contribution < 1.29 is 19.1 Å². The summed E-state index contributed by atoms with van der Waals surface area (Å²) in [4.78, 5) is 41.8. The summed E-state index contributed by atoms with van der Waals surface area (Å²) in [6.45, 7) is 6.89. The topological polar surface area (TPSA) is 99.8 Å². The number of hydrogen-bond acceptors (Lipinski definition) is 5. The predicted molar refractivity (Wildman–Crippen MR) is 143 cm³/mol. The molecule has 3 heterocycles. The lowest BCUT2D eigenvalue weighted by atomic mass is 9.75. The Morgan fingerprint density at radius 1 is 1.14 bits per heavy atom. The van der Waals surface area contributed by atoms with Crippen molar-refractivity contribution in [2.24, 2.45) is 11.3 Å². The molecule has 4 rings (SSSR count). The number of piperidine rings is 1. The first-order valence-electron chi connectivity index (χ1n) is 13.7. The molecule has 0 aromatic heterocycles. The van der Waals surface area contributed by atoms with Crippen LogP contribution in [0.5, 0.6) is 0 Å². The lowest BCUT2D eigenvalue weighted by molar-refractivity contribution is -0.140. The van der Waals surface area contributed by atoms with Crippen molar-refractivity contribution in [3.05, 3.63) is 48.0 Å². The highest BCUT2D eigenvalue weighted by atomic mass is 16.5. The summed E-state index contributed by atoms with van der Waals surface area (Å²) < 4.78 is 5.58. The van der Waals surface area contributed by atoms with Crippen LogP contribution in [0.15, 0.2) is 42.5 Å². The van der Waals surface area contributed by atoms with Gasteiger partial charge in [-0.3, -0.25) is 19.3 Å². The summed E-state index contributed by atoms with van der Waals surface area (Å²) in [6.07, 6.45) is 8.25. The van der Waals surface area contributed by atoms with Gasteiger partial charge in [-0.15, -0.1) is 0 Å². The molecule has 2 fully saturated rings. The van der Waals surface area contributed by atoms with Crippen LogP contribution in [0.1, 0.15) is 51.5 Å². The van der Waals surface area contributed by atoms with E-state index >= 15 is 0 Å². The quantitative estimate of drug-likeness (QED) is 0.528. The molecule has 3 N–H and O–H groups in total. The molecule has 0 bridgehead atoms. The van der Waals surface area contributed by atoms with Crippen LogP contribution in [-0.4, -0.2) is 73.6 Å². The summed E-state index contributed by atoms with van der Waals surface area (Å²) >= 11 is 0. The Morgan fingerprint density at radius 3 is 2.62 bits per heavy atom. The first-order valence-corrected chi connectivity index (χ1v) is 13.7. The third-order valence-corrected chi connectivity index (χ3v) is 7.91. The maximum absolute atomic E-state index is 13.6. The lowest BCUT2D eigenvalue weighted by Crippen LogP contribution is -2.58. The second-order valence-corrected chi connectivity index (χ2v) is 11.1. The maximum Gasteiger partial charge on any atom is 0.243 e. The molecule has 1 spiro atoms. The first-order chi connectivity index (χ1) is 17.8. The van der Waals surface area contributed by atoms with Crippen LogP contribution in [0.2, 0.25) is 0 Å². The maximum atomic E-state index is 13.6. The Morgan fingerprint density at radius 2 is 1.89 bits per heavy atom. The Balaban J connectivity index is 1.54. The first kappa shape index (κ1) is 27.3. The molecular weight excluding hydrogens is 468 g/mol. The SMILES string of the molecule is CC(C)NC(=O)CN1CC[C@@H]2NC(=O)[C@@H](Cc3ccccc3)NC(=O)C3(C/C=C/C[C@@H]2C1)CCOCC3. The van der Waals surface area contributed by atoms with Gasteiger partial charge < -0.3 is 20.7 Å². The van der Waals surface area contributed by atoms with Crippen molar-refractivity contribution in [2.75, 3.05) is 32.8 Å². The fourth-order valence-electron chi connectivity index (χ4n) is 5.77. The van der Waals surface area contributed by atoms with Crippen LogP contribution >= 0.6 is 0 Å². The highest BCUT2D eigenvalue weighted by molar-refractivity contribution is 5.90. The van der Waals surface area contributed by atoms with Gasteiger partial charge in [0.15, 0.2) is 0 Å². The van der Waals surface area contributed by atoms with Crippen molar-refractivity contribution in [3.8, 4) is 0 Å². The summed E-state index contributed by atoms with van der Waals surface area (Å²) in [7, 11) is 0. The number of rotatable bonds is 5. The molecule has 202 valence electrons. The average Bonchev–Trinajstić information content (AvgIpc) is 2.87. The van der Waals surface area contributed by atoms with E-state index < -0.39 is 11.5 Å². The van der Waals surface area contributed by atoms with Gasteiger partial charge in [-0.1, -0.05) is 42.5 Å². The van der Waals surface area contributed by atoms with E-state index in [0.29, 0.717) is 45.4 Å². The zero-order valence-electron chi connectivity index (χ0n) is 22.2. The highest BCUT2D eigenvalue weighted by Gasteiger charge is 2.41. The van der Waals surface area contributed by atoms with Gasteiger partial charge in [-0.05, 0) is 57.4 Å². The van der Waals surface area contributed by atoms with E-state index in [4.69, 9.17) is 4.74 Å². The minimum atomic E-state index is -0.645. The third kappa shape index (κ3) is 7.42. The largest absolute Gasteiger partial charge is 0.381 e. The summed E-state index contributed by atoms with van der Waals surface area (Å²) in [5, 5.41) is 9.40. The molecule has 0 aliphatic carbocycles. The van der Waals surface area contributed by atoms with E-state index in [1.807, 2.05) is 44.2 Å². The van der Waals surface area contributed by atoms with Crippen LogP contribution in [0.25, 0.3) is 0 Å². The fraction of sp³-hybridized carbons (Fsp3) is 0.621. The van der Waals surface area contributed by atoms with Gasteiger partial charge in [0.05, 0.1) is 12.0 Å². The number of carbonyl (C=O) groups excluding carboxylic acids is 3. The molecule has 3 amide bonds. The van der Waals surface area contributed by atoms with Crippen LogP contribution in [0.4, 0.5) is 0 Å². The van der Waals surface area contributed by atoms with Crippen LogP contribution < -0.4 is 16.0 Å². The lowest BCUT2D eigenvalue weighted by Gasteiger charge is -2.40. The third-order valence-electron chi connectivity index (χ3n) is 7.91. The van der Waals surface area contributed by atoms with Crippen LogP contribution in [0, 0.1) is 11.3 Å². The number of fused-ring (bicyclic) bond motifs is 1. The second kappa shape index (κ2) is 12.7. The number of nitrogens with zero attached hydrogens (tertiary/aromatic N) is 1. The number of ether oxygens (including phenoxy) is 1. The van der Waals surface area contributed by atoms with Crippen molar-refractivity contribution >= 4 is 17.7 Å². The standard InChI is InChI=1S/C29H42N4O4/c1-21(2)30-26(34)20-33-15-11-24-23(19-33)10-6-7-12-29(13-16-37-17-14-29)28(36)32-25(27(35)31-24)18-22-8-4-3-5-9-22/h3-9,21,23-25H,10-20H2,1-2H3,(H,30,34)(H,31,35)(H,32,36)/b7-6+/t23-,24+,25-/m1/s1. The van der Waals surface area contributed by atoms with Gasteiger partial charge in [-0.2, -0.15) is 0 Å². The van der Waals surface area contributed by atoms with E-state index in [9.17, 15) is 14.4 Å². The minimum absolute atomic E-state index is 0.00629. The Hall–Kier alpha value is -2.71. The summed E-state index contributed by atoms with van der Waals surface area (Å²) in [5.74, 6) is 0.0387. The van der Waals surface area contributed by atoms with E-state index in [0.717, 1.165) is 31.5 Å². The molecule has 8 heteroatoms. The van der Waals surface area contributed by atoms with Gasteiger partial charge >= 0.3 is 0 Å². The van der Waals surface area contributed by atoms with Gasteiger partial charge in [0.25, 0.3) is 0 Å². The molecule has 0 unspecified atom stereocenters. The number of amides is 3. The molecule has 0 saturated carbocycles. The van der Waals surface area contributed by atoms with Gasteiger partial charge in [-0.25, -0.2) is 0 Å². The number of hydrogen-bond donors (Lipinski definition) is 3. The second-order valence-electron chi connectivity index (χ2n) is 11.1. The van der Waals surface area contributed by atoms with E-state index in [1.165, 1.54) is 0 Å². The van der Waals surface area contributed by atoms with Crippen molar-refractivity contribution in [2.45, 2.75) is 70.5 Å². The smallest absolute Gasteiger partial charge is 0.243 e. The molecule has 0 radical (unpaired) electrons. The zero-order chi connectivity index (χ0) is 26.3. The molecule has 37 heavy (non-hydrogen) atoms. The average molecular weight is 511 g/mol. The predicted octanol–water partition coefficient (Wildman–Crippen LogP) is 2.19. The molecule has 8 nitrogen and oxygen atoms in total. The Kier molecular flexibility index (Phi) is 9.38. The minimum Gasteiger partial charge on any atom is -0.381 e. The van der Waals surface area contributed by atoms with E-state index in [1.54, 1.807) is 0 Å². The number of carbonyl (C=O) groups is 3. The summed E-state index contributed by atoms with van der Waals surface area (Å²) in [6, 6.07) is 9.31. The van der Waals surface area contributed by atoms with Crippen molar-refractivity contribution in [1.82, 2.24) is 20.9 Å². The van der Waals surface area contributed by atoms with E-state index in [2.05, 4.69) is 33.0 Å². The van der Waals surface area contributed by atoms with Crippen LogP contribution in [-0.2, 0) is 25.5 Å². The normalized spacial score (nSPS) is 27.8. The number of nitrogens with one attached hydrogen (secondary N) is 3. The van der Waals surface area contributed by atoms with Crippen molar-refractivity contribution in [3.63, 3.8) is 0 Å². The monoisotopic (exact) mass is 510 g/mol. The Labute approximate surface area is 220 Å². The molecule has 1 aromatic rings.